The van der Waals surface area contributed by atoms with E-state index in [1.807, 2.05) is 6.07 Å². The van der Waals surface area contributed by atoms with Gasteiger partial charge in [0.05, 0.1) is 21.3 Å². The molecule has 1 aliphatic carbocycles. The fraction of sp³-hybridized carbons (Fsp3) is 0.600. The van der Waals surface area contributed by atoms with Crippen molar-refractivity contribution < 1.29 is 14.2 Å². The van der Waals surface area contributed by atoms with Crippen LogP contribution in [0.3, 0.4) is 0 Å². The smallest absolute Gasteiger partial charge is 0.164 e. The van der Waals surface area contributed by atoms with Gasteiger partial charge in [-0.25, -0.2) is 0 Å². The molecule has 2 aromatic carbocycles. The zero-order chi connectivity index (χ0) is 24.9. The summed E-state index contributed by atoms with van der Waals surface area (Å²) in [6.07, 6.45) is 10.8. The summed E-state index contributed by atoms with van der Waals surface area (Å²) in [5, 5.41) is 3.60. The number of methoxy groups -OCH3 is 3. The quantitative estimate of drug-likeness (QED) is 0.312. The van der Waals surface area contributed by atoms with E-state index in [1.54, 1.807) is 21.3 Å². The molecule has 1 aliphatic rings. The molecule has 0 bridgehead atoms. The van der Waals surface area contributed by atoms with Crippen molar-refractivity contribution in [3.63, 3.8) is 0 Å². The Morgan fingerprint density at radius 1 is 0.914 bits per heavy atom. The van der Waals surface area contributed by atoms with Crippen LogP contribution in [-0.2, 0) is 19.3 Å². The molecular weight excluding hydrogens is 436 g/mol. The second-order valence-electron chi connectivity index (χ2n) is 9.64. The highest BCUT2D eigenvalue weighted by atomic mass is 16.5. The summed E-state index contributed by atoms with van der Waals surface area (Å²) >= 11 is 0. The van der Waals surface area contributed by atoms with Crippen molar-refractivity contribution in [1.29, 1.82) is 0 Å². The largest absolute Gasteiger partial charge is 0.497 e. The first-order chi connectivity index (χ1) is 17.2. The van der Waals surface area contributed by atoms with Crippen molar-refractivity contribution in [2.45, 2.75) is 70.8 Å². The number of unbranched alkanes of at least 4 members (excludes halogenated alkanes) is 3. The SMILES string of the molecule is CCCN(CCCCCCNCCc1cccc(OC)c1)[C@H]1CCc2c(ccc(OC)c2OC)C1. The number of rotatable bonds is 16. The minimum atomic E-state index is 0.638. The molecule has 1 N–H and O–H groups in total. The second kappa shape index (κ2) is 15.0. The molecule has 0 saturated heterocycles. The van der Waals surface area contributed by atoms with E-state index in [0.29, 0.717) is 6.04 Å². The number of nitrogens with one attached hydrogen (secondary N) is 1. The van der Waals surface area contributed by atoms with Gasteiger partial charge in [-0.05, 0) is 100 Å². The molecule has 0 aromatic heterocycles. The predicted molar refractivity (Wildman–Crippen MR) is 145 cm³/mol. The molecule has 0 radical (unpaired) electrons. The lowest BCUT2D eigenvalue weighted by Gasteiger charge is -2.36. The average Bonchev–Trinajstić information content (AvgIpc) is 2.90. The summed E-state index contributed by atoms with van der Waals surface area (Å²) in [7, 11) is 5.20. The number of fused-ring (bicyclic) bond motifs is 1. The van der Waals surface area contributed by atoms with Crippen molar-refractivity contribution >= 4 is 0 Å². The molecule has 0 unspecified atom stereocenters. The lowest BCUT2D eigenvalue weighted by atomic mass is 9.86. The standard InChI is InChI=1S/C30H46N2O3/c1-5-20-32(26-14-15-28-25(23-26)13-16-29(34-3)30(28)35-4)21-9-7-6-8-18-31-19-17-24-11-10-12-27(22-24)33-2/h10-13,16,22,26,31H,5-9,14-15,17-21,23H2,1-4H3/t26-/m0/s1. The van der Waals surface area contributed by atoms with E-state index < -0.39 is 0 Å². The maximum absolute atomic E-state index is 5.69. The monoisotopic (exact) mass is 482 g/mol. The number of ether oxygens (including phenoxy) is 3. The minimum absolute atomic E-state index is 0.638. The maximum Gasteiger partial charge on any atom is 0.164 e. The summed E-state index contributed by atoms with van der Waals surface area (Å²) in [5.74, 6) is 2.73. The summed E-state index contributed by atoms with van der Waals surface area (Å²) in [6, 6.07) is 13.3. The molecule has 0 aliphatic heterocycles. The van der Waals surface area contributed by atoms with Crippen LogP contribution < -0.4 is 19.5 Å². The lowest BCUT2D eigenvalue weighted by molar-refractivity contribution is 0.175. The zero-order valence-corrected chi connectivity index (χ0v) is 22.4. The molecule has 5 nitrogen and oxygen atoms in total. The number of nitrogens with zero attached hydrogens (tertiary/aromatic N) is 1. The molecule has 1 atom stereocenters. The molecular formula is C30H46N2O3. The van der Waals surface area contributed by atoms with Crippen molar-refractivity contribution in [2.24, 2.45) is 0 Å². The van der Waals surface area contributed by atoms with Gasteiger partial charge in [0.2, 0.25) is 0 Å². The third kappa shape index (κ3) is 8.15. The van der Waals surface area contributed by atoms with E-state index in [-0.39, 0.29) is 0 Å². The second-order valence-corrected chi connectivity index (χ2v) is 9.64. The summed E-state index contributed by atoms with van der Waals surface area (Å²) in [5.41, 5.74) is 4.11. The van der Waals surface area contributed by atoms with Gasteiger partial charge >= 0.3 is 0 Å². The van der Waals surface area contributed by atoms with Crippen LogP contribution >= 0.6 is 0 Å². The molecule has 0 fully saturated rings. The van der Waals surface area contributed by atoms with Crippen LogP contribution in [-0.4, -0.2) is 58.5 Å². The highest BCUT2D eigenvalue weighted by Gasteiger charge is 2.27. The molecule has 0 heterocycles. The predicted octanol–water partition coefficient (Wildman–Crippen LogP) is 5.67. The Kier molecular flexibility index (Phi) is 11.7. The molecule has 5 heteroatoms. The van der Waals surface area contributed by atoms with Gasteiger partial charge in [0.1, 0.15) is 5.75 Å². The van der Waals surface area contributed by atoms with Gasteiger partial charge in [-0.2, -0.15) is 0 Å². The van der Waals surface area contributed by atoms with Crippen LogP contribution in [0.25, 0.3) is 0 Å². The molecule has 194 valence electrons. The summed E-state index contributed by atoms with van der Waals surface area (Å²) < 4.78 is 16.5. The van der Waals surface area contributed by atoms with Crippen molar-refractivity contribution in [3.8, 4) is 17.2 Å². The van der Waals surface area contributed by atoms with E-state index >= 15 is 0 Å². The lowest BCUT2D eigenvalue weighted by Crippen LogP contribution is -2.40. The first-order valence-electron chi connectivity index (χ1n) is 13.5. The van der Waals surface area contributed by atoms with Gasteiger partial charge in [-0.3, -0.25) is 0 Å². The van der Waals surface area contributed by atoms with Crippen LogP contribution in [0.2, 0.25) is 0 Å². The number of hydrogen-bond acceptors (Lipinski definition) is 5. The molecule has 0 amide bonds. The van der Waals surface area contributed by atoms with Gasteiger partial charge in [-0.15, -0.1) is 0 Å². The van der Waals surface area contributed by atoms with E-state index in [9.17, 15) is 0 Å². The first kappa shape index (κ1) is 27.3. The van der Waals surface area contributed by atoms with E-state index in [1.165, 1.54) is 68.3 Å². The average molecular weight is 483 g/mol. The van der Waals surface area contributed by atoms with E-state index in [2.05, 4.69) is 47.5 Å². The van der Waals surface area contributed by atoms with E-state index in [4.69, 9.17) is 14.2 Å². The van der Waals surface area contributed by atoms with Crippen LogP contribution in [0.5, 0.6) is 17.2 Å². The third-order valence-electron chi connectivity index (χ3n) is 7.23. The van der Waals surface area contributed by atoms with Crippen LogP contribution in [0.15, 0.2) is 36.4 Å². The first-order valence-corrected chi connectivity index (χ1v) is 13.5. The zero-order valence-electron chi connectivity index (χ0n) is 22.4. The Hall–Kier alpha value is -2.24. The Morgan fingerprint density at radius 2 is 1.77 bits per heavy atom. The fourth-order valence-corrected chi connectivity index (χ4v) is 5.34. The van der Waals surface area contributed by atoms with Gasteiger partial charge in [-0.1, -0.05) is 38.0 Å². The van der Waals surface area contributed by atoms with Gasteiger partial charge in [0.15, 0.2) is 11.5 Å². The number of hydrogen-bond donors (Lipinski definition) is 1. The van der Waals surface area contributed by atoms with Crippen LogP contribution in [0.1, 0.15) is 62.1 Å². The molecule has 0 spiro atoms. The van der Waals surface area contributed by atoms with Crippen molar-refractivity contribution in [1.82, 2.24) is 10.2 Å². The van der Waals surface area contributed by atoms with Crippen LogP contribution in [0.4, 0.5) is 0 Å². The van der Waals surface area contributed by atoms with E-state index in [0.717, 1.165) is 49.6 Å². The molecule has 35 heavy (non-hydrogen) atoms. The van der Waals surface area contributed by atoms with Crippen molar-refractivity contribution in [3.05, 3.63) is 53.1 Å². The topological polar surface area (TPSA) is 43.0 Å². The number of benzene rings is 2. The highest BCUT2D eigenvalue weighted by molar-refractivity contribution is 5.52. The molecule has 3 rings (SSSR count). The highest BCUT2D eigenvalue weighted by Crippen LogP contribution is 2.38. The summed E-state index contributed by atoms with van der Waals surface area (Å²) in [6.45, 7) is 6.84. The Balaban J connectivity index is 1.34. The Morgan fingerprint density at radius 3 is 2.54 bits per heavy atom. The Bertz CT molecular complexity index is 886. The Labute approximate surface area is 213 Å². The normalized spacial score (nSPS) is 15.2. The summed E-state index contributed by atoms with van der Waals surface area (Å²) in [4.78, 5) is 2.74. The van der Waals surface area contributed by atoms with Crippen molar-refractivity contribution in [2.75, 3.05) is 47.5 Å². The van der Waals surface area contributed by atoms with Gasteiger partial charge < -0.3 is 24.4 Å². The molecule has 2 aromatic rings. The molecule has 0 saturated carbocycles. The van der Waals surface area contributed by atoms with Gasteiger partial charge in [0.25, 0.3) is 0 Å². The third-order valence-corrected chi connectivity index (χ3v) is 7.23. The minimum Gasteiger partial charge on any atom is -0.497 e. The fourth-order valence-electron chi connectivity index (χ4n) is 5.34. The maximum atomic E-state index is 5.69. The van der Waals surface area contributed by atoms with Crippen LogP contribution in [0, 0.1) is 0 Å². The van der Waals surface area contributed by atoms with Gasteiger partial charge in [0, 0.05) is 11.6 Å².